The van der Waals surface area contributed by atoms with Gasteiger partial charge in [0.2, 0.25) is 0 Å². The van der Waals surface area contributed by atoms with E-state index in [1.807, 2.05) is 12.2 Å². The molecule has 1 aromatic heterocycles. The predicted octanol–water partition coefficient (Wildman–Crippen LogP) is 14.2. The Hall–Kier alpha value is -6.44. The third kappa shape index (κ3) is 5.00. The first-order valence-electron chi connectivity index (χ1n) is 19.7. The van der Waals surface area contributed by atoms with Crippen molar-refractivity contribution in [1.82, 2.24) is 0 Å². The summed E-state index contributed by atoms with van der Waals surface area (Å²) in [4.78, 5) is 0. The third-order valence-electron chi connectivity index (χ3n) is 12.2. The molecule has 0 amide bonds. The molecule has 1 heterocycles. The molecule has 272 valence electrons. The zero-order chi connectivity index (χ0) is 38.9. The number of fused-ring (bicyclic) bond motifs is 10. The Morgan fingerprint density at radius 2 is 1.27 bits per heavy atom. The number of benzene rings is 7. The van der Waals surface area contributed by atoms with E-state index in [1.165, 1.54) is 92.8 Å². The first-order valence-corrected chi connectivity index (χ1v) is 19.7. The summed E-state index contributed by atoms with van der Waals surface area (Å²) in [5.74, 6) is 0.934. The second-order valence-electron chi connectivity index (χ2n) is 15.5. The molecule has 0 atom stereocenters. The van der Waals surface area contributed by atoms with Gasteiger partial charge in [0.1, 0.15) is 11.3 Å². The van der Waals surface area contributed by atoms with Crippen LogP contribution >= 0.6 is 0 Å². The number of hydrogen-bond acceptors (Lipinski definition) is 1. The number of furan rings is 1. The zero-order valence-corrected chi connectivity index (χ0v) is 33.2. The Morgan fingerprint density at radius 1 is 0.661 bits per heavy atom. The molecule has 0 unspecified atom stereocenters. The molecular weight excluding hydrogens is 677 g/mol. The van der Waals surface area contributed by atoms with Crippen molar-refractivity contribution in [3.63, 3.8) is 0 Å². The van der Waals surface area contributed by atoms with E-state index in [0.717, 1.165) is 27.9 Å². The van der Waals surface area contributed by atoms with E-state index in [2.05, 4.69) is 182 Å². The van der Waals surface area contributed by atoms with Crippen LogP contribution in [0.3, 0.4) is 0 Å². The van der Waals surface area contributed by atoms with Gasteiger partial charge < -0.3 is 4.42 Å². The van der Waals surface area contributed by atoms with Gasteiger partial charge in [0.05, 0.1) is 0 Å². The van der Waals surface area contributed by atoms with Gasteiger partial charge in [-0.15, -0.1) is 0 Å². The van der Waals surface area contributed by atoms with Crippen LogP contribution in [0.15, 0.2) is 145 Å². The summed E-state index contributed by atoms with van der Waals surface area (Å²) in [6, 6.07) is 38.2. The van der Waals surface area contributed by atoms with Gasteiger partial charge in [0.25, 0.3) is 0 Å². The van der Waals surface area contributed by atoms with Crippen molar-refractivity contribution < 1.29 is 4.42 Å². The lowest BCUT2D eigenvalue weighted by Gasteiger charge is -2.23. The second kappa shape index (κ2) is 13.4. The summed E-state index contributed by atoms with van der Waals surface area (Å²) < 4.78 is 6.67. The lowest BCUT2D eigenvalue weighted by molar-refractivity contribution is 0.603. The highest BCUT2D eigenvalue weighted by molar-refractivity contribution is 6.18. The first kappa shape index (κ1) is 35.3. The van der Waals surface area contributed by atoms with Gasteiger partial charge in [-0.2, -0.15) is 0 Å². The molecule has 0 saturated carbocycles. The maximum atomic E-state index is 6.67. The van der Waals surface area contributed by atoms with E-state index >= 15 is 0 Å². The summed E-state index contributed by atoms with van der Waals surface area (Å²) >= 11 is 0. The van der Waals surface area contributed by atoms with Gasteiger partial charge in [-0.3, -0.25) is 0 Å². The number of rotatable bonds is 6. The highest BCUT2D eigenvalue weighted by Crippen LogP contribution is 2.56. The van der Waals surface area contributed by atoms with Crippen LogP contribution in [0, 0.1) is 6.92 Å². The van der Waals surface area contributed by atoms with Crippen molar-refractivity contribution in [2.45, 2.75) is 47.0 Å². The SMILES string of the molecule is C=C/C=C\C(=C)c1ccc(-c2c(=C/C)/c(=C\C)c(-c3ccc4c(c3)-c3c(c5c(C)c(/C=C\C)oc5c5ccccc35)C4(C)C)c3ccccc23)c2ccccc12. The van der Waals surface area contributed by atoms with E-state index < -0.39 is 0 Å². The lowest BCUT2D eigenvalue weighted by atomic mass is 9.79. The molecule has 7 aromatic carbocycles. The topological polar surface area (TPSA) is 13.1 Å². The van der Waals surface area contributed by atoms with Crippen molar-refractivity contribution in [2.24, 2.45) is 0 Å². The van der Waals surface area contributed by atoms with Crippen LogP contribution in [-0.4, -0.2) is 0 Å². The molecule has 0 N–H and O–H groups in total. The Bertz CT molecular complexity index is 3170. The Labute approximate surface area is 329 Å². The summed E-state index contributed by atoms with van der Waals surface area (Å²) in [5, 5.41) is 11.0. The molecule has 56 heavy (non-hydrogen) atoms. The van der Waals surface area contributed by atoms with E-state index in [4.69, 9.17) is 4.42 Å². The van der Waals surface area contributed by atoms with Crippen LogP contribution in [-0.2, 0) is 5.41 Å². The standard InChI is InChI=1S/C55H46O/c1-9-13-21-33(5)38-29-30-44(40-23-15-14-22-39(38)40)51-37(12-4)36(11-3)50(41-24-16-17-25-42(41)51)35-28-31-47-46(32-35)52-43-26-18-19-27-45(43)54-49(53(52)55(47,7)8)34(6)48(56-54)20-10-2/h9-32H,1,5H2,2-4,6-8H3/b20-10-,21-13-,36-11+,37-12+. The van der Waals surface area contributed by atoms with Crippen LogP contribution in [0.1, 0.15) is 62.6 Å². The summed E-state index contributed by atoms with van der Waals surface area (Å²) in [6.45, 7) is 21.7. The molecule has 1 nitrogen and oxygen atoms in total. The van der Waals surface area contributed by atoms with E-state index in [0.29, 0.717) is 0 Å². The monoisotopic (exact) mass is 722 g/mol. The average molecular weight is 723 g/mol. The minimum absolute atomic E-state index is 0.221. The predicted molar refractivity (Wildman–Crippen MR) is 245 cm³/mol. The minimum Gasteiger partial charge on any atom is -0.456 e. The van der Waals surface area contributed by atoms with Crippen molar-refractivity contribution >= 4 is 67.1 Å². The molecule has 0 aliphatic heterocycles. The Morgan fingerprint density at radius 3 is 1.93 bits per heavy atom. The van der Waals surface area contributed by atoms with Crippen molar-refractivity contribution in [2.75, 3.05) is 0 Å². The first-order chi connectivity index (χ1) is 27.2. The lowest BCUT2D eigenvalue weighted by Crippen LogP contribution is -2.29. The highest BCUT2D eigenvalue weighted by atomic mass is 16.3. The fourth-order valence-corrected chi connectivity index (χ4v) is 9.73. The zero-order valence-electron chi connectivity index (χ0n) is 33.2. The van der Waals surface area contributed by atoms with Gasteiger partial charge in [-0.05, 0) is 133 Å². The summed E-state index contributed by atoms with van der Waals surface area (Å²) in [6.07, 6.45) is 14.6. The molecule has 8 aromatic rings. The normalized spacial score (nSPS) is 14.2. The van der Waals surface area contributed by atoms with Crippen molar-refractivity contribution in [3.8, 4) is 33.4 Å². The maximum absolute atomic E-state index is 6.67. The van der Waals surface area contributed by atoms with Gasteiger partial charge in [0, 0.05) is 21.8 Å². The number of hydrogen-bond donors (Lipinski definition) is 0. The highest BCUT2D eigenvalue weighted by Gasteiger charge is 2.40. The van der Waals surface area contributed by atoms with Crippen LogP contribution in [0.2, 0.25) is 0 Å². The van der Waals surface area contributed by atoms with Gasteiger partial charge in [0.15, 0.2) is 0 Å². The smallest absolute Gasteiger partial charge is 0.143 e. The molecule has 0 bridgehead atoms. The van der Waals surface area contributed by atoms with E-state index in [1.54, 1.807) is 6.08 Å². The Balaban J connectivity index is 1.35. The van der Waals surface area contributed by atoms with Crippen LogP contribution in [0.25, 0.3) is 100 Å². The third-order valence-corrected chi connectivity index (χ3v) is 12.2. The van der Waals surface area contributed by atoms with Crippen LogP contribution < -0.4 is 10.4 Å². The molecule has 1 aliphatic carbocycles. The minimum atomic E-state index is -0.221. The average Bonchev–Trinajstić information content (AvgIpc) is 3.67. The summed E-state index contributed by atoms with van der Waals surface area (Å²) in [5.41, 5.74) is 14.4. The molecule has 9 rings (SSSR count). The van der Waals surface area contributed by atoms with E-state index in [9.17, 15) is 0 Å². The quantitative estimate of drug-likeness (QED) is 0.156. The largest absolute Gasteiger partial charge is 0.456 e. The fraction of sp³-hybridized carbons (Fsp3) is 0.127. The molecule has 1 heteroatoms. The van der Waals surface area contributed by atoms with Gasteiger partial charge in [-0.1, -0.05) is 161 Å². The maximum Gasteiger partial charge on any atom is 0.143 e. The molecule has 0 fully saturated rings. The van der Waals surface area contributed by atoms with Gasteiger partial charge in [-0.25, -0.2) is 0 Å². The molecule has 1 aliphatic rings. The second-order valence-corrected chi connectivity index (χ2v) is 15.5. The molecule has 0 spiro atoms. The molecule has 0 saturated heterocycles. The van der Waals surface area contributed by atoms with Crippen molar-refractivity contribution in [1.29, 1.82) is 0 Å². The van der Waals surface area contributed by atoms with Gasteiger partial charge >= 0.3 is 0 Å². The molecule has 0 radical (unpaired) electrons. The van der Waals surface area contributed by atoms with E-state index in [-0.39, 0.29) is 5.41 Å². The molecular formula is C55H46O. The summed E-state index contributed by atoms with van der Waals surface area (Å²) in [7, 11) is 0. The number of allylic oxidation sites excluding steroid dienone is 5. The van der Waals surface area contributed by atoms with Crippen LogP contribution in [0.4, 0.5) is 0 Å². The Kier molecular flexibility index (Phi) is 8.44. The number of aryl methyl sites for hydroxylation is 1. The fourth-order valence-electron chi connectivity index (χ4n) is 9.73. The van der Waals surface area contributed by atoms with Crippen LogP contribution in [0.5, 0.6) is 0 Å². The van der Waals surface area contributed by atoms with Crippen molar-refractivity contribution in [3.05, 3.63) is 179 Å².